The summed E-state index contributed by atoms with van der Waals surface area (Å²) in [6, 6.07) is 0. The van der Waals surface area contributed by atoms with Gasteiger partial charge in [-0.25, -0.2) is 0 Å². The van der Waals surface area contributed by atoms with Crippen LogP contribution in [0.4, 0.5) is 0 Å². The van der Waals surface area contributed by atoms with Gasteiger partial charge in [-0.15, -0.1) is 0 Å². The van der Waals surface area contributed by atoms with Crippen LogP contribution in [0.5, 0.6) is 0 Å². The molecule has 0 saturated carbocycles. The van der Waals surface area contributed by atoms with Crippen molar-refractivity contribution in [1.29, 1.82) is 0 Å². The predicted molar refractivity (Wildman–Crippen MR) is 40.8 cm³/mol. The fourth-order valence-corrected chi connectivity index (χ4v) is 0.525. The van der Waals surface area contributed by atoms with E-state index in [4.69, 9.17) is 10.2 Å². The number of hydrogen-bond acceptors (Lipinski definition) is 4. The topological polar surface area (TPSA) is 74.6 Å². The zero-order valence-corrected chi connectivity index (χ0v) is 9.02. The first-order valence-corrected chi connectivity index (χ1v) is 3.32. The average molecular weight is 379 g/mol. The Hall–Kier alpha value is 0.380. The van der Waals surface area contributed by atoms with Gasteiger partial charge in [0.25, 0.3) is 0 Å². The van der Waals surface area contributed by atoms with Gasteiger partial charge in [-0.1, -0.05) is 0 Å². The number of rotatable bonds is 3. The summed E-state index contributed by atoms with van der Waals surface area (Å²) in [6.45, 7) is 0. The van der Waals surface area contributed by atoms with Crippen molar-refractivity contribution < 1.29 is 42.2 Å². The molecule has 2 unspecified atom stereocenters. The molecular formula is C4H6AuO4S2. The number of aliphatic carboxylic acids is 2. The molecule has 0 aromatic heterocycles. The molecule has 7 heteroatoms. The Kier molecular flexibility index (Phi) is 7.55. The van der Waals surface area contributed by atoms with E-state index in [-0.39, 0.29) is 22.4 Å². The fourth-order valence-electron chi connectivity index (χ4n) is 0.270. The normalized spacial score (nSPS) is 14.4. The maximum Gasteiger partial charge on any atom is 0.318 e. The second-order valence-electron chi connectivity index (χ2n) is 1.57. The zero-order chi connectivity index (χ0) is 8.31. The van der Waals surface area contributed by atoms with Crippen LogP contribution < -0.4 is 0 Å². The second-order valence-corrected chi connectivity index (χ2v) is 2.68. The van der Waals surface area contributed by atoms with Gasteiger partial charge in [0.1, 0.15) is 10.5 Å². The SMILES string of the molecule is O=C(O)C(S)C(S)C(=O)O.[Au]. The first kappa shape index (κ1) is 13.9. The molecule has 0 aromatic rings. The van der Waals surface area contributed by atoms with E-state index in [0.717, 1.165) is 0 Å². The average Bonchev–Trinajstić information content (AvgIpc) is 1.84. The van der Waals surface area contributed by atoms with Crippen LogP contribution in [-0.2, 0) is 32.0 Å². The molecule has 11 heavy (non-hydrogen) atoms. The van der Waals surface area contributed by atoms with Gasteiger partial charge in [0.2, 0.25) is 0 Å². The van der Waals surface area contributed by atoms with Gasteiger partial charge in [-0.05, 0) is 0 Å². The molecule has 2 atom stereocenters. The van der Waals surface area contributed by atoms with E-state index < -0.39 is 22.4 Å². The van der Waals surface area contributed by atoms with Crippen molar-refractivity contribution in [2.24, 2.45) is 0 Å². The minimum Gasteiger partial charge on any atom is -0.480 e. The van der Waals surface area contributed by atoms with Crippen molar-refractivity contribution >= 4 is 37.2 Å². The van der Waals surface area contributed by atoms with Gasteiger partial charge in [-0.3, -0.25) is 9.59 Å². The van der Waals surface area contributed by atoms with E-state index in [9.17, 15) is 9.59 Å². The molecule has 0 rings (SSSR count). The molecular weight excluding hydrogens is 373 g/mol. The van der Waals surface area contributed by atoms with Crippen LogP contribution in [0.25, 0.3) is 0 Å². The Balaban J connectivity index is 0. The predicted octanol–water partition coefficient (Wildman–Crippen LogP) is -0.250. The van der Waals surface area contributed by atoms with Crippen LogP contribution in [0.3, 0.4) is 0 Å². The Morgan fingerprint density at radius 2 is 1.18 bits per heavy atom. The summed E-state index contributed by atoms with van der Waals surface area (Å²) in [4.78, 5) is 20.1. The van der Waals surface area contributed by atoms with E-state index >= 15 is 0 Å². The van der Waals surface area contributed by atoms with E-state index in [0.29, 0.717) is 0 Å². The molecule has 0 aromatic carbocycles. The van der Waals surface area contributed by atoms with Gasteiger partial charge in [-0.2, -0.15) is 25.3 Å². The number of carboxylic acids is 2. The van der Waals surface area contributed by atoms with Crippen LogP contribution in [0.1, 0.15) is 0 Å². The van der Waals surface area contributed by atoms with Crippen molar-refractivity contribution in [1.82, 2.24) is 0 Å². The molecule has 4 nitrogen and oxygen atoms in total. The fraction of sp³-hybridized carbons (Fsp3) is 0.500. The summed E-state index contributed by atoms with van der Waals surface area (Å²) in [5, 5.41) is 13.9. The largest absolute Gasteiger partial charge is 0.480 e. The Morgan fingerprint density at radius 1 is 1.00 bits per heavy atom. The molecule has 2 N–H and O–H groups in total. The molecule has 0 heterocycles. The number of carbonyl (C=O) groups is 2. The Labute approximate surface area is 89.7 Å². The van der Waals surface area contributed by atoms with Crippen molar-refractivity contribution in [2.45, 2.75) is 10.5 Å². The van der Waals surface area contributed by atoms with Crippen molar-refractivity contribution in [3.63, 3.8) is 0 Å². The molecule has 0 saturated heterocycles. The third-order valence-electron chi connectivity index (χ3n) is 0.805. The summed E-state index contributed by atoms with van der Waals surface area (Å²) in [7, 11) is 0. The standard InChI is InChI=1S/C4H6O4S2.Au/c5-3(6)1(9)2(10)4(7)8;/h1-2,9-10H,(H,5,6)(H,7,8);. The third-order valence-corrected chi connectivity index (χ3v) is 2.08. The van der Waals surface area contributed by atoms with Gasteiger partial charge >= 0.3 is 11.9 Å². The minimum absolute atomic E-state index is 0. The molecule has 0 aliphatic rings. The summed E-state index contributed by atoms with van der Waals surface area (Å²) in [5.74, 6) is -2.57. The summed E-state index contributed by atoms with van der Waals surface area (Å²) in [6.07, 6.45) is 0. The molecule has 0 spiro atoms. The Morgan fingerprint density at radius 3 is 1.27 bits per heavy atom. The third kappa shape index (κ3) is 4.76. The number of hydrogen-bond donors (Lipinski definition) is 4. The van der Waals surface area contributed by atoms with Crippen molar-refractivity contribution in [3.05, 3.63) is 0 Å². The number of thiol groups is 2. The smallest absolute Gasteiger partial charge is 0.318 e. The van der Waals surface area contributed by atoms with Gasteiger partial charge in [0, 0.05) is 22.4 Å². The van der Waals surface area contributed by atoms with Crippen molar-refractivity contribution in [3.8, 4) is 0 Å². The second kappa shape index (κ2) is 5.96. The molecule has 0 bridgehead atoms. The molecule has 0 fully saturated rings. The maximum atomic E-state index is 10.1. The van der Waals surface area contributed by atoms with Crippen molar-refractivity contribution in [2.75, 3.05) is 0 Å². The quantitative estimate of drug-likeness (QED) is 0.403. The van der Waals surface area contributed by atoms with E-state index in [1.54, 1.807) is 0 Å². The van der Waals surface area contributed by atoms with E-state index in [1.165, 1.54) is 0 Å². The van der Waals surface area contributed by atoms with Crippen LogP contribution in [0, 0.1) is 0 Å². The molecule has 0 amide bonds. The molecule has 1 radical (unpaired) electrons. The van der Waals surface area contributed by atoms with Crippen LogP contribution in [-0.4, -0.2) is 32.7 Å². The first-order valence-electron chi connectivity index (χ1n) is 2.28. The summed E-state index contributed by atoms with van der Waals surface area (Å²) < 4.78 is 0. The monoisotopic (exact) mass is 379 g/mol. The first-order chi connectivity index (χ1) is 4.46. The Bertz CT molecular complexity index is 144. The molecule has 0 aliphatic carbocycles. The summed E-state index contributed by atoms with van der Waals surface area (Å²) >= 11 is 7.00. The number of carboxylic acid groups (broad SMARTS) is 2. The van der Waals surface area contributed by atoms with Gasteiger partial charge < -0.3 is 10.2 Å². The van der Waals surface area contributed by atoms with Crippen LogP contribution in [0.15, 0.2) is 0 Å². The van der Waals surface area contributed by atoms with Crippen LogP contribution in [0.2, 0.25) is 0 Å². The minimum atomic E-state index is -1.29. The van der Waals surface area contributed by atoms with Gasteiger partial charge in [0.05, 0.1) is 0 Å². The van der Waals surface area contributed by atoms with Crippen LogP contribution >= 0.6 is 25.3 Å². The maximum absolute atomic E-state index is 10.1. The van der Waals surface area contributed by atoms with E-state index in [1.807, 2.05) is 0 Å². The van der Waals surface area contributed by atoms with E-state index in [2.05, 4.69) is 25.3 Å². The summed E-state index contributed by atoms with van der Waals surface area (Å²) in [5.41, 5.74) is 0. The zero-order valence-electron chi connectivity index (χ0n) is 5.06. The molecule has 69 valence electrons. The molecule has 0 aliphatic heterocycles. The van der Waals surface area contributed by atoms with Gasteiger partial charge in [0.15, 0.2) is 0 Å².